The van der Waals surface area contributed by atoms with Gasteiger partial charge in [-0.15, -0.1) is 0 Å². The minimum atomic E-state index is -4.89. The molecule has 0 saturated heterocycles. The molecule has 0 fully saturated rings. The van der Waals surface area contributed by atoms with Crippen molar-refractivity contribution in [3.05, 3.63) is 60.2 Å². The monoisotopic (exact) mass is 421 g/mol. The van der Waals surface area contributed by atoms with E-state index in [2.05, 4.69) is 15.5 Å². The summed E-state index contributed by atoms with van der Waals surface area (Å²) in [6, 6.07) is 8.82. The highest BCUT2D eigenvalue weighted by atomic mass is 19.4. The number of anilines is 1. The standard InChI is InChI=1S/C21H19F4N3O2/c22-15-4-5-19-16(8-15)13(6-7-30-19)9-20(29,21(23,24)25)12-26-18-3-1-2-14-10-27-28-11-17(14)18/h1-5,8,10-11,13,26,29H,6-7,9,12H2. The van der Waals surface area contributed by atoms with Crippen LogP contribution in [0.5, 0.6) is 5.75 Å². The molecule has 2 atom stereocenters. The number of fused-ring (bicyclic) bond motifs is 2. The third-order valence-electron chi connectivity index (χ3n) is 5.41. The van der Waals surface area contributed by atoms with Crippen molar-refractivity contribution in [1.82, 2.24) is 10.2 Å². The Bertz CT molecular complexity index is 1050. The largest absolute Gasteiger partial charge is 0.493 e. The lowest BCUT2D eigenvalue weighted by atomic mass is 9.82. The van der Waals surface area contributed by atoms with Crippen molar-refractivity contribution in [2.45, 2.75) is 30.5 Å². The van der Waals surface area contributed by atoms with Gasteiger partial charge in [0.1, 0.15) is 11.6 Å². The van der Waals surface area contributed by atoms with Gasteiger partial charge in [-0.3, -0.25) is 0 Å². The number of aromatic nitrogens is 2. The summed E-state index contributed by atoms with van der Waals surface area (Å²) in [6.07, 6.45) is -2.31. The van der Waals surface area contributed by atoms with Crippen LogP contribution in [0, 0.1) is 5.82 Å². The molecule has 1 aliphatic heterocycles. The first kappa shape index (κ1) is 20.3. The van der Waals surface area contributed by atoms with Crippen LogP contribution in [-0.4, -0.2) is 40.2 Å². The molecule has 0 aliphatic carbocycles. The van der Waals surface area contributed by atoms with E-state index >= 15 is 0 Å². The Kier molecular flexibility index (Phi) is 5.23. The molecule has 0 bridgehead atoms. The van der Waals surface area contributed by atoms with E-state index in [0.717, 1.165) is 0 Å². The normalized spacial score (nSPS) is 18.4. The van der Waals surface area contributed by atoms with E-state index < -0.39 is 36.5 Å². The highest BCUT2D eigenvalue weighted by Gasteiger charge is 2.54. The van der Waals surface area contributed by atoms with Crippen molar-refractivity contribution in [2.24, 2.45) is 0 Å². The summed E-state index contributed by atoms with van der Waals surface area (Å²) in [4.78, 5) is 0. The van der Waals surface area contributed by atoms with Crippen LogP contribution in [0.4, 0.5) is 23.2 Å². The smallest absolute Gasteiger partial charge is 0.418 e. The van der Waals surface area contributed by atoms with Crippen LogP contribution < -0.4 is 10.1 Å². The van der Waals surface area contributed by atoms with Crippen LogP contribution in [-0.2, 0) is 0 Å². The van der Waals surface area contributed by atoms with Gasteiger partial charge in [-0.1, -0.05) is 12.1 Å². The summed E-state index contributed by atoms with van der Waals surface area (Å²) in [5.41, 5.74) is -2.28. The molecule has 158 valence electrons. The second-order valence-electron chi connectivity index (χ2n) is 7.40. The Balaban J connectivity index is 1.61. The van der Waals surface area contributed by atoms with Crippen LogP contribution in [0.2, 0.25) is 0 Å². The van der Waals surface area contributed by atoms with Crippen molar-refractivity contribution < 1.29 is 27.4 Å². The highest BCUT2D eigenvalue weighted by molar-refractivity contribution is 5.92. The number of benzene rings is 2. The molecular weight excluding hydrogens is 402 g/mol. The molecule has 1 aliphatic rings. The second kappa shape index (κ2) is 7.71. The lowest BCUT2D eigenvalue weighted by Crippen LogP contribution is -2.51. The summed E-state index contributed by atoms with van der Waals surface area (Å²) >= 11 is 0. The number of aliphatic hydroxyl groups is 1. The van der Waals surface area contributed by atoms with Gasteiger partial charge < -0.3 is 15.2 Å². The number of hydrogen-bond acceptors (Lipinski definition) is 5. The van der Waals surface area contributed by atoms with Gasteiger partial charge in [-0.2, -0.15) is 23.4 Å². The molecule has 0 saturated carbocycles. The fourth-order valence-corrected chi connectivity index (χ4v) is 3.77. The van der Waals surface area contributed by atoms with Crippen molar-refractivity contribution in [3.63, 3.8) is 0 Å². The molecule has 2 N–H and O–H groups in total. The topological polar surface area (TPSA) is 67.3 Å². The first-order valence-corrected chi connectivity index (χ1v) is 9.41. The van der Waals surface area contributed by atoms with Crippen molar-refractivity contribution in [2.75, 3.05) is 18.5 Å². The van der Waals surface area contributed by atoms with E-state index in [0.29, 0.717) is 27.8 Å². The summed E-state index contributed by atoms with van der Waals surface area (Å²) in [7, 11) is 0. The Morgan fingerprint density at radius 1 is 1.13 bits per heavy atom. The van der Waals surface area contributed by atoms with Crippen LogP contribution in [0.1, 0.15) is 24.3 Å². The van der Waals surface area contributed by atoms with Crippen molar-refractivity contribution in [3.8, 4) is 5.75 Å². The molecule has 0 spiro atoms. The number of alkyl halides is 3. The molecule has 2 aromatic carbocycles. The molecule has 3 aromatic rings. The molecular formula is C21H19F4N3O2. The maximum absolute atomic E-state index is 13.9. The van der Waals surface area contributed by atoms with Crippen LogP contribution in [0.15, 0.2) is 48.8 Å². The van der Waals surface area contributed by atoms with E-state index in [9.17, 15) is 22.7 Å². The van der Waals surface area contributed by atoms with E-state index in [-0.39, 0.29) is 13.0 Å². The van der Waals surface area contributed by atoms with Crippen LogP contribution in [0.25, 0.3) is 10.8 Å². The quantitative estimate of drug-likeness (QED) is 0.597. The molecule has 1 aromatic heterocycles. The van der Waals surface area contributed by atoms with Gasteiger partial charge >= 0.3 is 6.18 Å². The van der Waals surface area contributed by atoms with E-state index in [1.54, 1.807) is 18.2 Å². The minimum Gasteiger partial charge on any atom is -0.493 e. The Labute approximate surface area is 169 Å². The maximum Gasteiger partial charge on any atom is 0.418 e. The molecule has 0 radical (unpaired) electrons. The number of ether oxygens (including phenoxy) is 1. The summed E-state index contributed by atoms with van der Waals surface area (Å²) in [5, 5.41) is 22.2. The zero-order chi connectivity index (χ0) is 21.4. The van der Waals surface area contributed by atoms with Gasteiger partial charge in [0.05, 0.1) is 25.5 Å². The zero-order valence-electron chi connectivity index (χ0n) is 15.8. The molecule has 30 heavy (non-hydrogen) atoms. The average Bonchev–Trinajstić information content (AvgIpc) is 2.72. The lowest BCUT2D eigenvalue weighted by molar-refractivity contribution is -0.258. The second-order valence-corrected chi connectivity index (χ2v) is 7.40. The van der Waals surface area contributed by atoms with E-state index in [1.165, 1.54) is 30.6 Å². The highest BCUT2D eigenvalue weighted by Crippen LogP contribution is 2.44. The first-order chi connectivity index (χ1) is 14.3. The molecule has 5 nitrogen and oxygen atoms in total. The van der Waals surface area contributed by atoms with Crippen LogP contribution in [0.3, 0.4) is 0 Å². The summed E-state index contributed by atoms with van der Waals surface area (Å²) in [5.74, 6) is -0.913. The van der Waals surface area contributed by atoms with E-state index in [4.69, 9.17) is 4.74 Å². The van der Waals surface area contributed by atoms with Crippen molar-refractivity contribution in [1.29, 1.82) is 0 Å². The summed E-state index contributed by atoms with van der Waals surface area (Å²) < 4.78 is 60.9. The van der Waals surface area contributed by atoms with Gasteiger partial charge in [0.15, 0.2) is 5.60 Å². The van der Waals surface area contributed by atoms with Crippen molar-refractivity contribution >= 4 is 16.5 Å². The summed E-state index contributed by atoms with van der Waals surface area (Å²) in [6.45, 7) is -0.563. The first-order valence-electron chi connectivity index (χ1n) is 9.41. The molecule has 2 heterocycles. The third kappa shape index (κ3) is 3.89. The lowest BCUT2D eigenvalue weighted by Gasteiger charge is -2.36. The molecule has 0 amide bonds. The number of nitrogens with one attached hydrogen (secondary N) is 1. The number of rotatable bonds is 5. The molecule has 4 rings (SSSR count). The Hall–Kier alpha value is -2.94. The Morgan fingerprint density at radius 3 is 2.73 bits per heavy atom. The van der Waals surface area contributed by atoms with Gasteiger partial charge in [-0.05, 0) is 43.0 Å². The van der Waals surface area contributed by atoms with Gasteiger partial charge in [-0.25, -0.2) is 4.39 Å². The fraction of sp³-hybridized carbons (Fsp3) is 0.333. The van der Waals surface area contributed by atoms with Crippen LogP contribution >= 0.6 is 0 Å². The number of halogens is 4. The molecule has 2 unspecified atom stereocenters. The average molecular weight is 421 g/mol. The number of nitrogens with zero attached hydrogens (tertiary/aromatic N) is 2. The Morgan fingerprint density at radius 2 is 1.93 bits per heavy atom. The maximum atomic E-state index is 13.9. The van der Waals surface area contributed by atoms with Gasteiger partial charge in [0, 0.05) is 22.0 Å². The predicted molar refractivity (Wildman–Crippen MR) is 103 cm³/mol. The fourth-order valence-electron chi connectivity index (χ4n) is 3.77. The third-order valence-corrected chi connectivity index (χ3v) is 5.41. The van der Waals surface area contributed by atoms with Gasteiger partial charge in [0.2, 0.25) is 0 Å². The molecule has 9 heteroatoms. The predicted octanol–water partition coefficient (Wildman–Crippen LogP) is 4.43. The number of hydrogen-bond donors (Lipinski definition) is 2. The van der Waals surface area contributed by atoms with Gasteiger partial charge in [0.25, 0.3) is 0 Å². The minimum absolute atomic E-state index is 0.201. The SMILES string of the molecule is OC(CNc1cccc2cnncc12)(CC1CCOc2ccc(F)cc21)C(F)(F)F. The zero-order valence-corrected chi connectivity index (χ0v) is 15.8. The van der Waals surface area contributed by atoms with E-state index in [1.807, 2.05) is 0 Å².